The third-order valence-electron chi connectivity index (χ3n) is 3.55. The van der Waals surface area contributed by atoms with Crippen LogP contribution in [0.15, 0.2) is 29.8 Å². The summed E-state index contributed by atoms with van der Waals surface area (Å²) in [5.74, 6) is 12.7. The van der Waals surface area contributed by atoms with Crippen molar-refractivity contribution in [2.75, 3.05) is 20.8 Å². The van der Waals surface area contributed by atoms with E-state index in [1.165, 1.54) is 7.11 Å². The lowest BCUT2D eigenvalue weighted by Crippen LogP contribution is -2.21. The van der Waals surface area contributed by atoms with Crippen LogP contribution in [0.5, 0.6) is 5.75 Å². The molecule has 1 unspecified atom stereocenters. The van der Waals surface area contributed by atoms with Crippen molar-refractivity contribution < 1.29 is 19.0 Å². The van der Waals surface area contributed by atoms with E-state index < -0.39 is 12.1 Å². The SMILES string of the molecule is COCC(=O)OC1C#CCCCCC#C/C1=C\c1ccc(OC)cc1. The summed E-state index contributed by atoms with van der Waals surface area (Å²) in [6.45, 7) is -0.110. The number of hydrogen-bond acceptors (Lipinski definition) is 4. The number of carbonyl (C=O) groups excluding carboxylic acids is 1. The van der Waals surface area contributed by atoms with E-state index in [1.807, 2.05) is 30.3 Å². The Labute approximate surface area is 149 Å². The average molecular weight is 338 g/mol. The molecule has 1 atom stereocenters. The molecule has 1 aliphatic rings. The number of benzene rings is 1. The maximum absolute atomic E-state index is 11.8. The number of ether oxygens (including phenoxy) is 3. The van der Waals surface area contributed by atoms with Crippen molar-refractivity contribution in [2.24, 2.45) is 0 Å². The van der Waals surface area contributed by atoms with Crippen molar-refractivity contribution >= 4 is 12.0 Å². The van der Waals surface area contributed by atoms with Crippen LogP contribution in [0, 0.1) is 23.7 Å². The first-order valence-corrected chi connectivity index (χ1v) is 8.24. The van der Waals surface area contributed by atoms with Gasteiger partial charge < -0.3 is 14.2 Å². The molecule has 0 aromatic heterocycles. The maximum Gasteiger partial charge on any atom is 0.333 e. The van der Waals surface area contributed by atoms with E-state index in [1.54, 1.807) is 7.11 Å². The van der Waals surface area contributed by atoms with Crippen LogP contribution in [0.4, 0.5) is 0 Å². The number of hydrogen-bond donors (Lipinski definition) is 0. The van der Waals surface area contributed by atoms with E-state index in [0.29, 0.717) is 5.57 Å². The Morgan fingerprint density at radius 3 is 2.56 bits per heavy atom. The Morgan fingerprint density at radius 2 is 1.88 bits per heavy atom. The van der Waals surface area contributed by atoms with Crippen LogP contribution in [0.1, 0.15) is 31.2 Å². The van der Waals surface area contributed by atoms with Gasteiger partial charge in [-0.2, -0.15) is 0 Å². The highest BCUT2D eigenvalue weighted by atomic mass is 16.6. The van der Waals surface area contributed by atoms with Gasteiger partial charge in [-0.3, -0.25) is 0 Å². The smallest absolute Gasteiger partial charge is 0.333 e. The van der Waals surface area contributed by atoms with Gasteiger partial charge >= 0.3 is 5.97 Å². The lowest BCUT2D eigenvalue weighted by Gasteiger charge is -2.13. The largest absolute Gasteiger partial charge is 0.497 e. The minimum Gasteiger partial charge on any atom is -0.497 e. The minimum atomic E-state index is -0.685. The molecule has 0 spiro atoms. The zero-order valence-corrected chi connectivity index (χ0v) is 14.6. The lowest BCUT2D eigenvalue weighted by atomic mass is 10.0. The predicted octanol–water partition coefficient (Wildman–Crippen LogP) is 3.22. The van der Waals surface area contributed by atoms with Gasteiger partial charge in [0.2, 0.25) is 0 Å². The Bertz CT molecular complexity index is 723. The summed E-state index contributed by atoms with van der Waals surface area (Å²) in [5, 5.41) is 0. The second-order valence-corrected chi connectivity index (χ2v) is 5.51. The van der Waals surface area contributed by atoms with E-state index in [-0.39, 0.29) is 6.61 Å². The molecule has 4 nitrogen and oxygen atoms in total. The van der Waals surface area contributed by atoms with Crippen molar-refractivity contribution in [3.8, 4) is 29.4 Å². The van der Waals surface area contributed by atoms with E-state index in [0.717, 1.165) is 37.0 Å². The fourth-order valence-electron chi connectivity index (χ4n) is 2.27. The van der Waals surface area contributed by atoms with Gasteiger partial charge in [-0.1, -0.05) is 35.8 Å². The van der Waals surface area contributed by atoms with Gasteiger partial charge in [-0.25, -0.2) is 4.79 Å². The van der Waals surface area contributed by atoms with Crippen LogP contribution in [0.25, 0.3) is 6.08 Å². The molecule has 1 aliphatic carbocycles. The third-order valence-corrected chi connectivity index (χ3v) is 3.55. The third kappa shape index (κ3) is 6.37. The second kappa shape index (κ2) is 10.2. The number of carbonyl (C=O) groups is 1. The van der Waals surface area contributed by atoms with E-state index in [2.05, 4.69) is 23.7 Å². The van der Waals surface area contributed by atoms with Gasteiger partial charge in [-0.15, -0.1) is 0 Å². The standard InChI is InChI=1S/C21H22O4/c1-23-16-21(22)25-20-10-8-6-4-3-5-7-9-18(20)15-17-11-13-19(24-2)14-12-17/h11-15,20H,3-6,16H2,1-2H3/b18-15+. The molecular formula is C21H22O4. The van der Waals surface area contributed by atoms with Crippen LogP contribution < -0.4 is 4.74 Å². The molecule has 1 aromatic carbocycles. The van der Waals surface area contributed by atoms with Gasteiger partial charge in [0.05, 0.1) is 12.7 Å². The summed E-state index contributed by atoms with van der Waals surface area (Å²) in [7, 11) is 3.08. The predicted molar refractivity (Wildman–Crippen MR) is 96.7 cm³/mol. The van der Waals surface area contributed by atoms with Gasteiger partial charge in [0.15, 0.2) is 6.10 Å². The number of methoxy groups -OCH3 is 2. The highest BCUT2D eigenvalue weighted by Crippen LogP contribution is 2.17. The van der Waals surface area contributed by atoms with E-state index >= 15 is 0 Å². The molecule has 4 heteroatoms. The molecular weight excluding hydrogens is 316 g/mol. The summed E-state index contributed by atoms with van der Waals surface area (Å²) in [6, 6.07) is 7.59. The fraction of sp³-hybridized carbons (Fsp3) is 0.381. The zero-order valence-electron chi connectivity index (χ0n) is 14.6. The van der Waals surface area contributed by atoms with E-state index in [9.17, 15) is 4.79 Å². The van der Waals surface area contributed by atoms with Gasteiger partial charge in [0, 0.05) is 20.0 Å². The molecule has 0 fully saturated rings. The van der Waals surface area contributed by atoms with Crippen molar-refractivity contribution in [3.63, 3.8) is 0 Å². The summed E-state index contributed by atoms with van der Waals surface area (Å²) in [6.07, 6.45) is 4.81. The molecule has 0 saturated heterocycles. The molecule has 0 aliphatic heterocycles. The lowest BCUT2D eigenvalue weighted by molar-refractivity contribution is -0.149. The Morgan fingerprint density at radius 1 is 1.16 bits per heavy atom. The zero-order chi connectivity index (χ0) is 17.9. The first kappa shape index (κ1) is 18.6. The van der Waals surface area contributed by atoms with Gasteiger partial charge in [0.25, 0.3) is 0 Å². The molecule has 0 saturated carbocycles. The minimum absolute atomic E-state index is 0.110. The van der Waals surface area contributed by atoms with Crippen molar-refractivity contribution in [2.45, 2.75) is 31.8 Å². The molecule has 130 valence electrons. The van der Waals surface area contributed by atoms with E-state index in [4.69, 9.17) is 14.2 Å². The average Bonchev–Trinajstić information content (AvgIpc) is 2.63. The Hall–Kier alpha value is -2.69. The molecule has 0 amide bonds. The molecule has 0 bridgehead atoms. The second-order valence-electron chi connectivity index (χ2n) is 5.51. The van der Waals surface area contributed by atoms with Crippen molar-refractivity contribution in [1.82, 2.24) is 0 Å². The highest BCUT2D eigenvalue weighted by Gasteiger charge is 2.16. The van der Waals surface area contributed by atoms with Crippen LogP contribution >= 0.6 is 0 Å². The number of esters is 1. The maximum atomic E-state index is 11.8. The van der Waals surface area contributed by atoms with Crippen molar-refractivity contribution in [1.29, 1.82) is 0 Å². The molecule has 1 aromatic rings. The highest BCUT2D eigenvalue weighted by molar-refractivity contribution is 5.72. The molecule has 2 rings (SSSR count). The van der Waals surface area contributed by atoms with Crippen LogP contribution in [0.2, 0.25) is 0 Å². The van der Waals surface area contributed by atoms with Gasteiger partial charge in [0.1, 0.15) is 12.4 Å². The van der Waals surface area contributed by atoms with Crippen LogP contribution in [-0.2, 0) is 14.3 Å². The topological polar surface area (TPSA) is 44.8 Å². The quantitative estimate of drug-likeness (QED) is 0.611. The van der Waals surface area contributed by atoms with Crippen LogP contribution in [-0.4, -0.2) is 32.9 Å². The monoisotopic (exact) mass is 338 g/mol. The summed E-state index contributed by atoms with van der Waals surface area (Å²) in [4.78, 5) is 11.8. The molecule has 25 heavy (non-hydrogen) atoms. The first-order chi connectivity index (χ1) is 12.2. The fourth-order valence-corrected chi connectivity index (χ4v) is 2.27. The summed E-state index contributed by atoms with van der Waals surface area (Å²) < 4.78 is 15.5. The van der Waals surface area contributed by atoms with Gasteiger partial charge in [-0.05, 0) is 36.6 Å². The van der Waals surface area contributed by atoms with Crippen LogP contribution in [0.3, 0.4) is 0 Å². The normalized spacial score (nSPS) is 18.3. The summed E-state index contributed by atoms with van der Waals surface area (Å²) in [5.41, 5.74) is 1.61. The first-order valence-electron chi connectivity index (χ1n) is 8.24. The Balaban J connectivity index is 2.32. The molecule has 0 radical (unpaired) electrons. The molecule has 0 heterocycles. The molecule has 0 N–H and O–H groups in total. The summed E-state index contributed by atoms with van der Waals surface area (Å²) >= 11 is 0. The van der Waals surface area contributed by atoms with Crippen molar-refractivity contribution in [3.05, 3.63) is 35.4 Å². The number of rotatable bonds is 5. The Kier molecular flexibility index (Phi) is 7.63.